The molecule has 0 saturated heterocycles. The molecule has 1 rings (SSSR count). The van der Waals surface area contributed by atoms with E-state index in [-0.39, 0.29) is 29.6 Å². The van der Waals surface area contributed by atoms with Crippen LogP contribution in [-0.2, 0) is 0 Å². The molecule has 0 bridgehead atoms. The zero-order valence-electron chi connectivity index (χ0n) is 6.81. The van der Waals surface area contributed by atoms with E-state index in [9.17, 15) is 0 Å². The van der Waals surface area contributed by atoms with Gasteiger partial charge in [-0.1, -0.05) is 6.07 Å². The normalized spacial score (nSPS) is 8.60. The Labute approximate surface area is 83.9 Å². The third kappa shape index (κ3) is 2.74. The molecule has 10 heavy (non-hydrogen) atoms. The van der Waals surface area contributed by atoms with Crippen LogP contribution < -0.4 is 35.3 Å². The molecule has 0 aliphatic rings. The summed E-state index contributed by atoms with van der Waals surface area (Å²) in [6.45, 7) is 4.09. The molecule has 0 aliphatic carbocycles. The minimum atomic E-state index is 0. The van der Waals surface area contributed by atoms with E-state index < -0.39 is 0 Å². The molecule has 0 aliphatic heterocycles. The molecule has 0 atom stereocenters. The molecule has 0 spiro atoms. The average Bonchev–Trinajstić information content (AvgIpc) is 1.59. The summed E-state index contributed by atoms with van der Waals surface area (Å²) in [4.78, 5) is 0. The number of benzene rings is 1. The van der Waals surface area contributed by atoms with Gasteiger partial charge in [0.2, 0.25) is 0 Å². The number of nitrogens with two attached hydrogens (primary N) is 1. The summed E-state index contributed by atoms with van der Waals surface area (Å²) < 4.78 is 0. The zero-order valence-corrected chi connectivity index (χ0v) is 8.81. The number of hydrogen-bond acceptors (Lipinski definition) is 1. The molecular formula is C8H11NNa+. The molecule has 1 aromatic carbocycles. The van der Waals surface area contributed by atoms with Gasteiger partial charge in [0.1, 0.15) is 0 Å². The number of nitrogen functional groups attached to an aromatic ring is 1. The molecule has 0 fully saturated rings. The molecule has 1 aromatic rings. The molecule has 2 heteroatoms. The first-order chi connectivity index (χ1) is 4.18. The van der Waals surface area contributed by atoms with Gasteiger partial charge in [-0.2, -0.15) is 0 Å². The molecule has 0 radical (unpaired) electrons. The Kier molecular flexibility index (Phi) is 4.02. The summed E-state index contributed by atoms with van der Waals surface area (Å²) in [5.74, 6) is 0. The van der Waals surface area contributed by atoms with Gasteiger partial charge in [0.25, 0.3) is 0 Å². The monoisotopic (exact) mass is 144 g/mol. The van der Waals surface area contributed by atoms with Gasteiger partial charge < -0.3 is 5.73 Å². The Hall–Kier alpha value is 0.0200. The zero-order chi connectivity index (χ0) is 6.85. The fraction of sp³-hybridized carbons (Fsp3) is 0.250. The molecule has 0 amide bonds. The summed E-state index contributed by atoms with van der Waals surface area (Å²) in [5, 5.41) is 0. The van der Waals surface area contributed by atoms with Crippen LogP contribution in [0.1, 0.15) is 11.1 Å². The van der Waals surface area contributed by atoms with Crippen molar-refractivity contribution in [3.63, 3.8) is 0 Å². The van der Waals surface area contributed by atoms with Gasteiger partial charge in [0.15, 0.2) is 0 Å². The molecule has 1 nitrogen and oxygen atoms in total. The first-order valence-corrected chi connectivity index (χ1v) is 3.02. The van der Waals surface area contributed by atoms with Crippen LogP contribution in [0, 0.1) is 13.8 Å². The van der Waals surface area contributed by atoms with E-state index >= 15 is 0 Å². The van der Waals surface area contributed by atoms with E-state index in [0.717, 1.165) is 5.69 Å². The van der Waals surface area contributed by atoms with Gasteiger partial charge in [-0.25, -0.2) is 0 Å². The largest absolute Gasteiger partial charge is 1.00 e. The maximum Gasteiger partial charge on any atom is 1.00 e. The van der Waals surface area contributed by atoms with Crippen LogP contribution in [0.3, 0.4) is 0 Å². The molecular weight excluding hydrogens is 133 g/mol. The summed E-state index contributed by atoms with van der Waals surface area (Å²) in [6.07, 6.45) is 0. The fourth-order valence-electron chi connectivity index (χ4n) is 1.01. The van der Waals surface area contributed by atoms with Crippen molar-refractivity contribution in [3.8, 4) is 0 Å². The smallest absolute Gasteiger partial charge is 0.399 e. The molecule has 48 valence electrons. The van der Waals surface area contributed by atoms with E-state index in [0.29, 0.717) is 0 Å². The van der Waals surface area contributed by atoms with Crippen LogP contribution in [-0.4, -0.2) is 0 Å². The molecule has 0 saturated carbocycles. The topological polar surface area (TPSA) is 26.0 Å². The van der Waals surface area contributed by atoms with Crippen molar-refractivity contribution in [3.05, 3.63) is 29.3 Å². The van der Waals surface area contributed by atoms with E-state index in [2.05, 4.69) is 6.07 Å². The third-order valence-corrected chi connectivity index (χ3v) is 1.24. The SMILES string of the molecule is Cc1cc(C)cc(N)c1.[Na+]. The summed E-state index contributed by atoms with van der Waals surface area (Å²) >= 11 is 0. The molecule has 0 unspecified atom stereocenters. The number of aryl methyl sites for hydroxylation is 2. The van der Waals surface area contributed by atoms with E-state index in [4.69, 9.17) is 5.73 Å². The Morgan fingerprint density at radius 1 is 1.00 bits per heavy atom. The standard InChI is InChI=1S/C8H11N.Na/c1-6-3-7(2)5-8(9)4-6;/h3-5H,9H2,1-2H3;/q;+1. The second-order valence-corrected chi connectivity index (χ2v) is 2.42. The van der Waals surface area contributed by atoms with Crippen LogP contribution in [0.4, 0.5) is 5.69 Å². The number of rotatable bonds is 0. The second-order valence-electron chi connectivity index (χ2n) is 2.42. The molecule has 0 heterocycles. The minimum Gasteiger partial charge on any atom is -0.399 e. The van der Waals surface area contributed by atoms with Crippen LogP contribution in [0.25, 0.3) is 0 Å². The Bertz CT molecular complexity index is 170. The van der Waals surface area contributed by atoms with Gasteiger partial charge >= 0.3 is 29.6 Å². The van der Waals surface area contributed by atoms with Gasteiger partial charge in [0.05, 0.1) is 0 Å². The number of anilines is 1. The predicted molar refractivity (Wildman–Crippen MR) is 40.3 cm³/mol. The quantitative estimate of drug-likeness (QED) is 0.362. The first kappa shape index (κ1) is 10.0. The van der Waals surface area contributed by atoms with Gasteiger partial charge in [-0.05, 0) is 37.1 Å². The van der Waals surface area contributed by atoms with Gasteiger partial charge in [0, 0.05) is 5.69 Å². The van der Waals surface area contributed by atoms with Crippen LogP contribution in [0.15, 0.2) is 18.2 Å². The maximum atomic E-state index is 5.56. The van der Waals surface area contributed by atoms with Crippen LogP contribution in [0.5, 0.6) is 0 Å². The van der Waals surface area contributed by atoms with Gasteiger partial charge in [-0.3, -0.25) is 0 Å². The molecule has 0 aromatic heterocycles. The number of hydrogen-bond donors (Lipinski definition) is 1. The Morgan fingerprint density at radius 3 is 1.70 bits per heavy atom. The van der Waals surface area contributed by atoms with Crippen molar-refractivity contribution in [2.45, 2.75) is 13.8 Å². The van der Waals surface area contributed by atoms with Crippen molar-refractivity contribution in [2.75, 3.05) is 5.73 Å². The fourth-order valence-corrected chi connectivity index (χ4v) is 1.01. The van der Waals surface area contributed by atoms with Gasteiger partial charge in [-0.15, -0.1) is 0 Å². The Balaban J connectivity index is 0.000000810. The van der Waals surface area contributed by atoms with Crippen molar-refractivity contribution in [1.82, 2.24) is 0 Å². The van der Waals surface area contributed by atoms with Crippen molar-refractivity contribution >= 4 is 5.69 Å². The first-order valence-electron chi connectivity index (χ1n) is 3.02. The van der Waals surface area contributed by atoms with E-state index in [1.54, 1.807) is 0 Å². The Morgan fingerprint density at radius 2 is 1.40 bits per heavy atom. The van der Waals surface area contributed by atoms with E-state index in [1.165, 1.54) is 11.1 Å². The second kappa shape index (κ2) is 4.02. The summed E-state index contributed by atoms with van der Waals surface area (Å²) in [5.41, 5.74) is 8.87. The van der Waals surface area contributed by atoms with Crippen LogP contribution >= 0.6 is 0 Å². The minimum absolute atomic E-state index is 0. The average molecular weight is 144 g/mol. The maximum absolute atomic E-state index is 5.56. The summed E-state index contributed by atoms with van der Waals surface area (Å²) in [7, 11) is 0. The van der Waals surface area contributed by atoms with Crippen LogP contribution in [0.2, 0.25) is 0 Å². The third-order valence-electron chi connectivity index (χ3n) is 1.24. The van der Waals surface area contributed by atoms with Crippen molar-refractivity contribution in [2.24, 2.45) is 0 Å². The van der Waals surface area contributed by atoms with E-state index in [1.807, 2.05) is 26.0 Å². The molecule has 2 N–H and O–H groups in total. The predicted octanol–water partition coefficient (Wildman–Crippen LogP) is -1.11. The van der Waals surface area contributed by atoms with Crippen molar-refractivity contribution < 1.29 is 29.6 Å². The summed E-state index contributed by atoms with van der Waals surface area (Å²) in [6, 6.07) is 6.04. The van der Waals surface area contributed by atoms with Crippen molar-refractivity contribution in [1.29, 1.82) is 0 Å².